The van der Waals surface area contributed by atoms with Gasteiger partial charge in [-0.3, -0.25) is 0 Å². The van der Waals surface area contributed by atoms with Gasteiger partial charge in [-0.05, 0) is 5.92 Å². The van der Waals surface area contributed by atoms with Crippen LogP contribution >= 0.6 is 12.6 Å². The van der Waals surface area contributed by atoms with Crippen LogP contribution in [-0.2, 0) is 4.79 Å². The number of urea groups is 1. The minimum Gasteiger partial charge on any atom is -0.480 e. The fourth-order valence-corrected chi connectivity index (χ4v) is 1.63. The van der Waals surface area contributed by atoms with Crippen LogP contribution in [0.1, 0.15) is 13.8 Å². The predicted octanol–water partition coefficient (Wildman–Crippen LogP) is 0.728. The second-order valence-corrected chi connectivity index (χ2v) is 4.86. The molecular weight excluding hydrogens is 254 g/mol. The molecule has 2 amide bonds. The van der Waals surface area contributed by atoms with Crippen LogP contribution < -0.4 is 10.6 Å². The summed E-state index contributed by atoms with van der Waals surface area (Å²) < 4.78 is 0. The highest BCUT2D eigenvalue weighted by atomic mass is 32.1. The van der Waals surface area contributed by atoms with Crippen LogP contribution in [-0.4, -0.2) is 48.7 Å². The first-order chi connectivity index (χ1) is 8.29. The zero-order valence-electron chi connectivity index (χ0n) is 11.1. The molecule has 0 saturated carbocycles. The molecule has 1 atom stereocenters. The number of rotatable bonds is 6. The number of hydrogen-bond acceptors (Lipinski definition) is 4. The lowest BCUT2D eigenvalue weighted by Gasteiger charge is -2.23. The Kier molecular flexibility index (Phi) is 7.26. The summed E-state index contributed by atoms with van der Waals surface area (Å²) in [6.45, 7) is 3.79. The van der Waals surface area contributed by atoms with Crippen molar-refractivity contribution in [2.45, 2.75) is 19.9 Å². The Bertz CT molecular complexity index is 331. The Morgan fingerprint density at radius 1 is 1.44 bits per heavy atom. The standard InChI is InChI=1S/C11H21N3O3S/c1-7(2)9(10(15)16)13-11(17)14(4)6-8(18)5-12-3/h5,7,9,12,18H,6H2,1-4H3,(H,13,17)(H,15,16)/b8-5-/t9-/m0/s1. The molecule has 18 heavy (non-hydrogen) atoms. The molecule has 0 spiro atoms. The molecule has 6 nitrogen and oxygen atoms in total. The van der Waals surface area contributed by atoms with E-state index in [2.05, 4.69) is 23.3 Å². The van der Waals surface area contributed by atoms with E-state index in [1.807, 2.05) is 0 Å². The first-order valence-corrected chi connectivity index (χ1v) is 6.04. The second-order valence-electron chi connectivity index (χ2n) is 4.29. The van der Waals surface area contributed by atoms with Crippen LogP contribution in [0.4, 0.5) is 4.79 Å². The predicted molar refractivity (Wildman–Crippen MR) is 73.6 cm³/mol. The Balaban J connectivity index is 4.47. The maximum atomic E-state index is 11.8. The minimum atomic E-state index is -1.04. The van der Waals surface area contributed by atoms with E-state index in [-0.39, 0.29) is 5.92 Å². The van der Waals surface area contributed by atoms with Crippen LogP contribution in [0.2, 0.25) is 0 Å². The molecule has 104 valence electrons. The van der Waals surface area contributed by atoms with Gasteiger partial charge in [0.05, 0.1) is 6.54 Å². The number of likely N-dealkylation sites (N-methyl/N-ethyl adjacent to an activating group) is 1. The molecule has 0 aromatic heterocycles. The molecule has 0 heterocycles. The summed E-state index contributed by atoms with van der Waals surface area (Å²) in [5.41, 5.74) is 0. The van der Waals surface area contributed by atoms with E-state index in [1.165, 1.54) is 4.90 Å². The number of aliphatic carboxylic acids is 1. The second kappa shape index (κ2) is 7.86. The molecule has 0 bridgehead atoms. The Morgan fingerprint density at radius 3 is 2.39 bits per heavy atom. The lowest BCUT2D eigenvalue weighted by Crippen LogP contribution is -2.49. The zero-order chi connectivity index (χ0) is 14.3. The van der Waals surface area contributed by atoms with Crippen molar-refractivity contribution >= 4 is 24.6 Å². The molecule has 0 fully saturated rings. The zero-order valence-corrected chi connectivity index (χ0v) is 12.0. The van der Waals surface area contributed by atoms with E-state index in [0.717, 1.165) is 0 Å². The number of nitrogens with zero attached hydrogens (tertiary/aromatic N) is 1. The van der Waals surface area contributed by atoms with Gasteiger partial charge in [0.15, 0.2) is 0 Å². The number of carboxylic acids is 1. The van der Waals surface area contributed by atoms with Crippen LogP contribution in [0.5, 0.6) is 0 Å². The van der Waals surface area contributed by atoms with Crippen LogP contribution in [0.15, 0.2) is 11.1 Å². The van der Waals surface area contributed by atoms with Gasteiger partial charge >= 0.3 is 12.0 Å². The van der Waals surface area contributed by atoms with Gasteiger partial charge < -0.3 is 20.6 Å². The molecule has 0 aromatic rings. The van der Waals surface area contributed by atoms with Crippen molar-refractivity contribution in [3.8, 4) is 0 Å². The number of carbonyl (C=O) groups is 2. The van der Waals surface area contributed by atoms with Crippen molar-refractivity contribution in [1.82, 2.24) is 15.5 Å². The summed E-state index contributed by atoms with van der Waals surface area (Å²) in [6, 6.07) is -1.33. The van der Waals surface area contributed by atoms with E-state index in [9.17, 15) is 9.59 Å². The Morgan fingerprint density at radius 2 is 2.00 bits per heavy atom. The first kappa shape index (κ1) is 16.6. The van der Waals surface area contributed by atoms with Crippen molar-refractivity contribution in [3.63, 3.8) is 0 Å². The van der Waals surface area contributed by atoms with Crippen molar-refractivity contribution in [2.24, 2.45) is 5.92 Å². The smallest absolute Gasteiger partial charge is 0.326 e. The van der Waals surface area contributed by atoms with Crippen LogP contribution in [0.25, 0.3) is 0 Å². The molecule has 0 aliphatic rings. The molecule has 0 aliphatic carbocycles. The average Bonchev–Trinajstić information content (AvgIpc) is 2.24. The van der Waals surface area contributed by atoms with Gasteiger partial charge in [0.2, 0.25) is 0 Å². The number of carboxylic acid groups (broad SMARTS) is 1. The largest absolute Gasteiger partial charge is 0.480 e. The highest BCUT2D eigenvalue weighted by molar-refractivity contribution is 7.84. The molecule has 0 unspecified atom stereocenters. The monoisotopic (exact) mass is 275 g/mol. The Hall–Kier alpha value is -1.37. The molecule has 0 aliphatic heterocycles. The quantitative estimate of drug-likeness (QED) is 0.539. The number of thiol groups is 1. The normalized spacial score (nSPS) is 13.1. The minimum absolute atomic E-state index is 0.178. The Labute approximate surface area is 113 Å². The fraction of sp³-hybridized carbons (Fsp3) is 0.636. The van der Waals surface area contributed by atoms with Gasteiger partial charge in [0.25, 0.3) is 0 Å². The van der Waals surface area contributed by atoms with Gasteiger partial charge in [-0.1, -0.05) is 13.8 Å². The van der Waals surface area contributed by atoms with Crippen molar-refractivity contribution in [1.29, 1.82) is 0 Å². The molecule has 0 aromatic carbocycles. The summed E-state index contributed by atoms with van der Waals surface area (Å²) in [5, 5.41) is 14.2. The van der Waals surface area contributed by atoms with E-state index < -0.39 is 18.0 Å². The van der Waals surface area contributed by atoms with Crippen molar-refractivity contribution in [2.75, 3.05) is 20.6 Å². The fourth-order valence-electron chi connectivity index (χ4n) is 1.28. The third-order valence-corrected chi connectivity index (χ3v) is 2.54. The first-order valence-electron chi connectivity index (χ1n) is 5.59. The third kappa shape index (κ3) is 5.81. The SMILES string of the molecule is CN/C=C(\S)CN(C)C(=O)N[C@H](C(=O)O)C(C)C. The summed E-state index contributed by atoms with van der Waals surface area (Å²) in [5.74, 6) is -1.22. The summed E-state index contributed by atoms with van der Waals surface area (Å²) in [4.78, 5) is 24.8. The third-order valence-electron chi connectivity index (χ3n) is 2.27. The topological polar surface area (TPSA) is 81.7 Å². The van der Waals surface area contributed by atoms with E-state index in [4.69, 9.17) is 5.11 Å². The van der Waals surface area contributed by atoms with Gasteiger partial charge in [0, 0.05) is 25.2 Å². The molecule has 0 radical (unpaired) electrons. The van der Waals surface area contributed by atoms with E-state index >= 15 is 0 Å². The van der Waals surface area contributed by atoms with E-state index in [0.29, 0.717) is 11.4 Å². The summed E-state index contributed by atoms with van der Waals surface area (Å²) in [6.07, 6.45) is 1.66. The highest BCUT2D eigenvalue weighted by Crippen LogP contribution is 2.05. The van der Waals surface area contributed by atoms with Gasteiger partial charge in [-0.25, -0.2) is 9.59 Å². The molecule has 0 saturated heterocycles. The van der Waals surface area contributed by atoms with Crippen molar-refractivity contribution < 1.29 is 14.7 Å². The van der Waals surface area contributed by atoms with Crippen LogP contribution in [0, 0.1) is 5.92 Å². The molecule has 3 N–H and O–H groups in total. The maximum Gasteiger partial charge on any atom is 0.326 e. The lowest BCUT2D eigenvalue weighted by atomic mass is 10.1. The van der Waals surface area contributed by atoms with E-state index in [1.54, 1.807) is 34.1 Å². The van der Waals surface area contributed by atoms with Gasteiger partial charge in [-0.2, -0.15) is 0 Å². The highest BCUT2D eigenvalue weighted by Gasteiger charge is 2.24. The lowest BCUT2D eigenvalue weighted by molar-refractivity contribution is -0.140. The maximum absolute atomic E-state index is 11.8. The van der Waals surface area contributed by atoms with Crippen LogP contribution in [0.3, 0.4) is 0 Å². The summed E-state index contributed by atoms with van der Waals surface area (Å²) >= 11 is 4.18. The number of hydrogen-bond donors (Lipinski definition) is 4. The molecular formula is C11H21N3O3S. The molecule has 0 rings (SSSR count). The number of amides is 2. The van der Waals surface area contributed by atoms with Gasteiger partial charge in [0.1, 0.15) is 6.04 Å². The van der Waals surface area contributed by atoms with Gasteiger partial charge in [-0.15, -0.1) is 12.6 Å². The number of carbonyl (C=O) groups excluding carboxylic acids is 1. The average molecular weight is 275 g/mol. The molecule has 7 heteroatoms. The van der Waals surface area contributed by atoms with Crippen molar-refractivity contribution in [3.05, 3.63) is 11.1 Å². The number of nitrogens with one attached hydrogen (secondary N) is 2. The summed E-state index contributed by atoms with van der Waals surface area (Å²) in [7, 11) is 3.31.